The van der Waals surface area contributed by atoms with Crippen molar-refractivity contribution >= 4 is 22.6 Å². The molecule has 7 nitrogen and oxygen atoms in total. The molecule has 0 aliphatic carbocycles. The Morgan fingerprint density at radius 2 is 1.72 bits per heavy atom. The predicted octanol–water partition coefficient (Wildman–Crippen LogP) is 1.98. The number of benzene rings is 2. The van der Waals surface area contributed by atoms with Crippen molar-refractivity contribution in [1.82, 2.24) is 5.32 Å². The average molecular weight is 339 g/mol. The van der Waals surface area contributed by atoms with Gasteiger partial charge in [0.1, 0.15) is 12.1 Å². The first kappa shape index (κ1) is 16.3. The minimum Gasteiger partial charge on any atom is -0.480 e. The Bertz CT molecular complexity index is 1020. The normalized spacial score (nSPS) is 10.6. The fraction of sp³-hybridized carbons (Fsp3) is 0.0556. The first-order chi connectivity index (χ1) is 12.0. The highest BCUT2D eigenvalue weighted by Crippen LogP contribution is 2.29. The lowest BCUT2D eigenvalue weighted by Gasteiger charge is -2.09. The van der Waals surface area contributed by atoms with Gasteiger partial charge in [0.05, 0.1) is 5.39 Å². The Hall–Kier alpha value is -3.61. The van der Waals surface area contributed by atoms with Crippen LogP contribution in [0.5, 0.6) is 5.95 Å². The Balaban J connectivity index is 2.19. The molecule has 1 amide bonds. The predicted molar refractivity (Wildman–Crippen MR) is 89.6 cm³/mol. The summed E-state index contributed by atoms with van der Waals surface area (Å²) in [5, 5.41) is 21.0. The Morgan fingerprint density at radius 1 is 1.00 bits per heavy atom. The van der Waals surface area contributed by atoms with Crippen LogP contribution in [0.2, 0.25) is 0 Å². The zero-order valence-corrected chi connectivity index (χ0v) is 12.9. The summed E-state index contributed by atoms with van der Waals surface area (Å²) in [7, 11) is 0. The van der Waals surface area contributed by atoms with Gasteiger partial charge in [-0.2, -0.15) is 0 Å². The smallest absolute Gasteiger partial charge is 0.346 e. The second kappa shape index (κ2) is 6.48. The van der Waals surface area contributed by atoms with E-state index >= 15 is 0 Å². The van der Waals surface area contributed by atoms with Crippen LogP contribution >= 0.6 is 0 Å². The maximum absolute atomic E-state index is 12.2. The molecule has 7 heteroatoms. The first-order valence-corrected chi connectivity index (χ1v) is 7.32. The molecule has 0 bridgehead atoms. The SMILES string of the molecule is O=C(O)CNC(=O)c1c(O)oc(=O)c2ccc(-c3ccccc3)cc12. The molecule has 0 saturated carbocycles. The van der Waals surface area contributed by atoms with Crippen LogP contribution in [-0.4, -0.2) is 28.6 Å². The fourth-order valence-electron chi connectivity index (χ4n) is 2.51. The Kier molecular flexibility index (Phi) is 4.21. The molecular formula is C18H13NO6. The summed E-state index contributed by atoms with van der Waals surface area (Å²) >= 11 is 0. The third kappa shape index (κ3) is 3.20. The molecule has 0 fully saturated rings. The minimum absolute atomic E-state index is 0.109. The lowest BCUT2D eigenvalue weighted by molar-refractivity contribution is -0.135. The zero-order chi connectivity index (χ0) is 18.0. The second-order valence-corrected chi connectivity index (χ2v) is 5.27. The molecule has 1 aromatic heterocycles. The van der Waals surface area contributed by atoms with Gasteiger partial charge in [-0.15, -0.1) is 0 Å². The van der Waals surface area contributed by atoms with E-state index in [9.17, 15) is 19.5 Å². The molecular weight excluding hydrogens is 326 g/mol. The summed E-state index contributed by atoms with van der Waals surface area (Å²) in [5.74, 6) is -2.94. The number of carbonyl (C=O) groups is 2. The van der Waals surface area contributed by atoms with Crippen LogP contribution in [0.15, 0.2) is 57.7 Å². The lowest BCUT2D eigenvalue weighted by atomic mass is 9.99. The topological polar surface area (TPSA) is 117 Å². The van der Waals surface area contributed by atoms with E-state index in [0.717, 1.165) is 11.1 Å². The molecule has 0 unspecified atom stereocenters. The molecule has 0 spiro atoms. The molecule has 1 heterocycles. The highest BCUT2D eigenvalue weighted by molar-refractivity contribution is 6.09. The Morgan fingerprint density at radius 3 is 2.40 bits per heavy atom. The van der Waals surface area contributed by atoms with Crippen molar-refractivity contribution in [2.24, 2.45) is 0 Å². The number of carbonyl (C=O) groups excluding carboxylic acids is 1. The van der Waals surface area contributed by atoms with E-state index in [1.54, 1.807) is 12.1 Å². The number of rotatable bonds is 4. The van der Waals surface area contributed by atoms with E-state index < -0.39 is 30.0 Å². The largest absolute Gasteiger partial charge is 0.480 e. The van der Waals surface area contributed by atoms with Gasteiger partial charge in [0.15, 0.2) is 0 Å². The molecule has 0 atom stereocenters. The second-order valence-electron chi connectivity index (χ2n) is 5.27. The molecule has 126 valence electrons. The summed E-state index contributed by atoms with van der Waals surface area (Å²) in [6.45, 7) is -0.628. The van der Waals surface area contributed by atoms with Crippen molar-refractivity contribution in [3.05, 3.63) is 64.5 Å². The zero-order valence-electron chi connectivity index (χ0n) is 12.9. The standard InChI is InChI=1S/C18H13NO6/c20-14(21)9-19-16(22)15-13-8-11(10-4-2-1-3-5-10)6-7-12(13)17(23)25-18(15)24/h1-8,24H,9H2,(H,19,22)(H,20,21). The molecule has 3 aromatic rings. The molecule has 3 N–H and O–H groups in total. The highest BCUT2D eigenvalue weighted by Gasteiger charge is 2.21. The van der Waals surface area contributed by atoms with E-state index in [0.29, 0.717) is 0 Å². The number of amides is 1. The summed E-state index contributed by atoms with van der Waals surface area (Å²) < 4.78 is 4.69. The van der Waals surface area contributed by atoms with Crippen LogP contribution in [0, 0.1) is 0 Å². The van der Waals surface area contributed by atoms with Crippen LogP contribution in [0.4, 0.5) is 0 Å². The first-order valence-electron chi connectivity index (χ1n) is 7.32. The van der Waals surface area contributed by atoms with Crippen molar-refractivity contribution in [3.8, 4) is 17.1 Å². The summed E-state index contributed by atoms with van der Waals surface area (Å²) in [6.07, 6.45) is 0. The van der Waals surface area contributed by atoms with Crippen LogP contribution < -0.4 is 10.9 Å². The number of fused-ring (bicyclic) bond motifs is 1. The average Bonchev–Trinajstić information content (AvgIpc) is 2.60. The molecule has 0 radical (unpaired) electrons. The quantitative estimate of drug-likeness (QED) is 0.669. The maximum atomic E-state index is 12.2. The van der Waals surface area contributed by atoms with Crippen molar-refractivity contribution in [1.29, 1.82) is 0 Å². The highest BCUT2D eigenvalue weighted by atomic mass is 16.5. The molecule has 25 heavy (non-hydrogen) atoms. The van der Waals surface area contributed by atoms with Gasteiger partial charge in [-0.05, 0) is 23.3 Å². The number of carboxylic acid groups (broad SMARTS) is 1. The van der Waals surface area contributed by atoms with E-state index in [4.69, 9.17) is 5.11 Å². The van der Waals surface area contributed by atoms with Gasteiger partial charge in [-0.1, -0.05) is 36.4 Å². The third-order valence-corrected chi connectivity index (χ3v) is 3.65. The van der Waals surface area contributed by atoms with E-state index in [2.05, 4.69) is 9.73 Å². The van der Waals surface area contributed by atoms with Crippen molar-refractivity contribution < 1.29 is 24.2 Å². The fourth-order valence-corrected chi connectivity index (χ4v) is 2.51. The summed E-state index contributed by atoms with van der Waals surface area (Å²) in [6, 6.07) is 14.0. The molecule has 3 rings (SSSR count). The van der Waals surface area contributed by atoms with Gasteiger partial charge >= 0.3 is 11.6 Å². The van der Waals surface area contributed by atoms with Gasteiger partial charge in [0.25, 0.3) is 11.9 Å². The lowest BCUT2D eigenvalue weighted by Crippen LogP contribution is -2.29. The van der Waals surface area contributed by atoms with Crippen molar-refractivity contribution in [2.45, 2.75) is 0 Å². The van der Waals surface area contributed by atoms with Crippen LogP contribution in [-0.2, 0) is 4.79 Å². The number of hydrogen-bond acceptors (Lipinski definition) is 5. The van der Waals surface area contributed by atoms with Crippen LogP contribution in [0.25, 0.3) is 21.9 Å². The number of nitrogens with one attached hydrogen (secondary N) is 1. The minimum atomic E-state index is -1.24. The van der Waals surface area contributed by atoms with Gasteiger partial charge in [0, 0.05) is 5.39 Å². The van der Waals surface area contributed by atoms with E-state index in [-0.39, 0.29) is 16.3 Å². The molecule has 0 aliphatic heterocycles. The molecule has 0 aliphatic rings. The summed E-state index contributed by atoms with van der Waals surface area (Å²) in [4.78, 5) is 34.8. The summed E-state index contributed by atoms with van der Waals surface area (Å²) in [5.41, 5.74) is 0.509. The Labute approximate surface area is 141 Å². The van der Waals surface area contributed by atoms with Gasteiger partial charge < -0.3 is 19.9 Å². The number of aromatic hydroxyl groups is 1. The van der Waals surface area contributed by atoms with Crippen molar-refractivity contribution in [3.63, 3.8) is 0 Å². The number of aliphatic carboxylic acids is 1. The molecule has 2 aromatic carbocycles. The van der Waals surface area contributed by atoms with E-state index in [1.165, 1.54) is 6.07 Å². The monoisotopic (exact) mass is 339 g/mol. The third-order valence-electron chi connectivity index (χ3n) is 3.65. The van der Waals surface area contributed by atoms with Crippen LogP contribution in [0.1, 0.15) is 10.4 Å². The molecule has 0 saturated heterocycles. The van der Waals surface area contributed by atoms with E-state index in [1.807, 2.05) is 30.3 Å². The van der Waals surface area contributed by atoms with Gasteiger partial charge in [0.2, 0.25) is 0 Å². The maximum Gasteiger partial charge on any atom is 0.346 e. The van der Waals surface area contributed by atoms with Gasteiger partial charge in [-0.25, -0.2) is 4.79 Å². The number of carboxylic acids is 1. The number of hydrogen-bond donors (Lipinski definition) is 3. The van der Waals surface area contributed by atoms with Crippen molar-refractivity contribution in [2.75, 3.05) is 6.54 Å². The van der Waals surface area contributed by atoms with Gasteiger partial charge in [-0.3, -0.25) is 9.59 Å². The van der Waals surface area contributed by atoms with Crippen LogP contribution in [0.3, 0.4) is 0 Å².